The molecule has 1 fully saturated rings. The van der Waals surface area contributed by atoms with Gasteiger partial charge >= 0.3 is 0 Å². The van der Waals surface area contributed by atoms with Crippen LogP contribution in [0.3, 0.4) is 0 Å². The maximum absolute atomic E-state index is 9.48. The van der Waals surface area contributed by atoms with E-state index in [1.807, 2.05) is 18.2 Å². The number of aliphatic hydroxyl groups is 1. The molecule has 0 bridgehead atoms. The highest BCUT2D eigenvalue weighted by Crippen LogP contribution is 2.18. The molecule has 0 unspecified atom stereocenters. The lowest BCUT2D eigenvalue weighted by Crippen LogP contribution is -2.34. The molecule has 0 amide bonds. The Balaban J connectivity index is 1.94. The van der Waals surface area contributed by atoms with Crippen LogP contribution in [0.5, 0.6) is 0 Å². The Hall–Kier alpha value is -0.860. The van der Waals surface area contributed by atoms with E-state index in [1.54, 1.807) is 0 Å². The Labute approximate surface area is 97.9 Å². The molecule has 1 aliphatic rings. The Bertz CT molecular complexity index is 293. The second-order valence-electron chi connectivity index (χ2n) is 4.65. The zero-order valence-corrected chi connectivity index (χ0v) is 9.81. The number of rotatable bonds is 4. The molecule has 1 atom stereocenters. The van der Waals surface area contributed by atoms with Crippen molar-refractivity contribution in [3.8, 4) is 0 Å². The van der Waals surface area contributed by atoms with Crippen molar-refractivity contribution >= 4 is 0 Å². The van der Waals surface area contributed by atoms with Gasteiger partial charge in [0, 0.05) is 12.5 Å². The minimum atomic E-state index is 0.251. The Morgan fingerprint density at radius 3 is 2.38 bits per heavy atom. The van der Waals surface area contributed by atoms with E-state index < -0.39 is 0 Å². The van der Waals surface area contributed by atoms with Gasteiger partial charge in [-0.2, -0.15) is 0 Å². The lowest BCUT2D eigenvalue weighted by Gasteiger charge is -2.29. The van der Waals surface area contributed by atoms with Crippen molar-refractivity contribution < 1.29 is 5.11 Å². The number of benzene rings is 1. The molecule has 0 aromatic heterocycles. The Kier molecular flexibility index (Phi) is 4.37. The first kappa shape index (κ1) is 11.6. The van der Waals surface area contributed by atoms with Crippen LogP contribution in [0.4, 0.5) is 0 Å². The molecule has 1 heterocycles. The van der Waals surface area contributed by atoms with Crippen LogP contribution in [0.2, 0.25) is 0 Å². The van der Waals surface area contributed by atoms with E-state index in [1.165, 1.54) is 37.9 Å². The normalized spacial score (nSPS) is 19.6. The Morgan fingerprint density at radius 1 is 1.06 bits per heavy atom. The van der Waals surface area contributed by atoms with E-state index in [2.05, 4.69) is 17.0 Å². The number of hydrogen-bond acceptors (Lipinski definition) is 2. The van der Waals surface area contributed by atoms with Crippen LogP contribution in [-0.2, 0) is 0 Å². The monoisotopic (exact) mass is 219 g/mol. The fraction of sp³-hybridized carbons (Fsp3) is 0.571. The summed E-state index contributed by atoms with van der Waals surface area (Å²) in [5.74, 6) is 0.277. The SMILES string of the molecule is OC[C@@H](CN1CCCCC1)c1ccccc1. The van der Waals surface area contributed by atoms with Crippen LogP contribution >= 0.6 is 0 Å². The molecule has 88 valence electrons. The molecule has 0 spiro atoms. The van der Waals surface area contributed by atoms with Crippen molar-refractivity contribution in [1.29, 1.82) is 0 Å². The number of nitrogens with zero attached hydrogens (tertiary/aromatic N) is 1. The minimum Gasteiger partial charge on any atom is -0.396 e. The molecule has 2 rings (SSSR count). The number of aliphatic hydroxyl groups excluding tert-OH is 1. The summed E-state index contributed by atoms with van der Waals surface area (Å²) in [5.41, 5.74) is 1.26. The fourth-order valence-corrected chi connectivity index (χ4v) is 2.45. The maximum Gasteiger partial charge on any atom is 0.0512 e. The molecule has 2 heteroatoms. The summed E-state index contributed by atoms with van der Waals surface area (Å²) in [4.78, 5) is 2.48. The first-order chi connectivity index (χ1) is 7.90. The third kappa shape index (κ3) is 3.06. The summed E-state index contributed by atoms with van der Waals surface area (Å²) in [7, 11) is 0. The van der Waals surface area contributed by atoms with Gasteiger partial charge in [-0.15, -0.1) is 0 Å². The summed E-state index contributed by atoms with van der Waals surface area (Å²) in [5, 5.41) is 9.48. The first-order valence-corrected chi connectivity index (χ1v) is 6.28. The highest BCUT2D eigenvalue weighted by molar-refractivity contribution is 5.19. The summed E-state index contributed by atoms with van der Waals surface area (Å²) in [6.07, 6.45) is 3.99. The van der Waals surface area contributed by atoms with Gasteiger partial charge in [-0.3, -0.25) is 0 Å². The van der Waals surface area contributed by atoms with Gasteiger partial charge < -0.3 is 10.0 Å². The standard InChI is InChI=1S/C14H21NO/c16-12-14(13-7-3-1-4-8-13)11-15-9-5-2-6-10-15/h1,3-4,7-8,14,16H,2,5-6,9-12H2/t14-/m1/s1. The Morgan fingerprint density at radius 2 is 1.75 bits per heavy atom. The average Bonchev–Trinajstić information content (AvgIpc) is 2.38. The summed E-state index contributed by atoms with van der Waals surface area (Å²) < 4.78 is 0. The van der Waals surface area contributed by atoms with Gasteiger partial charge in [0.2, 0.25) is 0 Å². The highest BCUT2D eigenvalue weighted by Gasteiger charge is 2.16. The van der Waals surface area contributed by atoms with Crippen LogP contribution < -0.4 is 0 Å². The van der Waals surface area contributed by atoms with Gasteiger partial charge in [0.15, 0.2) is 0 Å². The smallest absolute Gasteiger partial charge is 0.0512 e. The van der Waals surface area contributed by atoms with Crippen LogP contribution in [-0.4, -0.2) is 36.2 Å². The van der Waals surface area contributed by atoms with Crippen molar-refractivity contribution in [3.05, 3.63) is 35.9 Å². The molecule has 2 nitrogen and oxygen atoms in total. The van der Waals surface area contributed by atoms with Gasteiger partial charge in [-0.05, 0) is 31.5 Å². The van der Waals surface area contributed by atoms with E-state index in [0.717, 1.165) is 6.54 Å². The summed E-state index contributed by atoms with van der Waals surface area (Å²) >= 11 is 0. The van der Waals surface area contributed by atoms with Crippen LogP contribution in [0.25, 0.3) is 0 Å². The van der Waals surface area contributed by atoms with Gasteiger partial charge in [-0.1, -0.05) is 36.8 Å². The molecule has 0 radical (unpaired) electrons. The quantitative estimate of drug-likeness (QED) is 0.839. The van der Waals surface area contributed by atoms with Gasteiger partial charge in [0.1, 0.15) is 0 Å². The molecule has 0 aliphatic carbocycles. The van der Waals surface area contributed by atoms with E-state index in [9.17, 15) is 5.11 Å². The van der Waals surface area contributed by atoms with E-state index in [0.29, 0.717) is 0 Å². The summed E-state index contributed by atoms with van der Waals surface area (Å²) in [6, 6.07) is 10.4. The van der Waals surface area contributed by atoms with Gasteiger partial charge in [0.25, 0.3) is 0 Å². The zero-order valence-electron chi connectivity index (χ0n) is 9.81. The molecule has 0 saturated carbocycles. The number of piperidine rings is 1. The van der Waals surface area contributed by atoms with Crippen molar-refractivity contribution in [1.82, 2.24) is 4.90 Å². The van der Waals surface area contributed by atoms with Gasteiger partial charge in [-0.25, -0.2) is 0 Å². The zero-order chi connectivity index (χ0) is 11.2. The van der Waals surface area contributed by atoms with Crippen molar-refractivity contribution in [2.24, 2.45) is 0 Å². The topological polar surface area (TPSA) is 23.5 Å². The fourth-order valence-electron chi connectivity index (χ4n) is 2.45. The molecule has 16 heavy (non-hydrogen) atoms. The van der Waals surface area contributed by atoms with Crippen molar-refractivity contribution in [2.45, 2.75) is 25.2 Å². The summed E-state index contributed by atoms with van der Waals surface area (Å²) in [6.45, 7) is 3.65. The molecular formula is C14H21NO. The third-order valence-electron chi connectivity index (χ3n) is 3.42. The second-order valence-corrected chi connectivity index (χ2v) is 4.65. The van der Waals surface area contributed by atoms with E-state index in [4.69, 9.17) is 0 Å². The van der Waals surface area contributed by atoms with E-state index >= 15 is 0 Å². The molecule has 1 aromatic rings. The number of hydrogen-bond donors (Lipinski definition) is 1. The predicted molar refractivity (Wildman–Crippen MR) is 66.6 cm³/mol. The lowest BCUT2D eigenvalue weighted by atomic mass is 9.98. The molecule has 1 aromatic carbocycles. The van der Waals surface area contributed by atoms with Crippen LogP contribution in [0.1, 0.15) is 30.7 Å². The molecular weight excluding hydrogens is 198 g/mol. The largest absolute Gasteiger partial charge is 0.396 e. The molecule has 1 saturated heterocycles. The van der Waals surface area contributed by atoms with Crippen molar-refractivity contribution in [2.75, 3.05) is 26.2 Å². The van der Waals surface area contributed by atoms with Crippen LogP contribution in [0, 0.1) is 0 Å². The maximum atomic E-state index is 9.48. The predicted octanol–water partition coefficient (Wildman–Crippen LogP) is 2.25. The van der Waals surface area contributed by atoms with Gasteiger partial charge in [0.05, 0.1) is 6.61 Å². The second kappa shape index (κ2) is 6.02. The molecule has 1 N–H and O–H groups in total. The third-order valence-corrected chi connectivity index (χ3v) is 3.42. The number of likely N-dealkylation sites (tertiary alicyclic amines) is 1. The van der Waals surface area contributed by atoms with Crippen molar-refractivity contribution in [3.63, 3.8) is 0 Å². The molecule has 1 aliphatic heterocycles. The van der Waals surface area contributed by atoms with Crippen LogP contribution in [0.15, 0.2) is 30.3 Å². The first-order valence-electron chi connectivity index (χ1n) is 6.28. The van der Waals surface area contributed by atoms with E-state index in [-0.39, 0.29) is 12.5 Å². The average molecular weight is 219 g/mol. The lowest BCUT2D eigenvalue weighted by molar-refractivity contribution is 0.179. The highest BCUT2D eigenvalue weighted by atomic mass is 16.3. The minimum absolute atomic E-state index is 0.251.